The highest BCUT2D eigenvalue weighted by atomic mass is 32.1. The van der Waals surface area contributed by atoms with E-state index in [4.69, 9.17) is 9.98 Å². The van der Waals surface area contributed by atoms with E-state index in [1.165, 1.54) is 58.4 Å². The van der Waals surface area contributed by atoms with Crippen molar-refractivity contribution in [1.29, 1.82) is 0 Å². The van der Waals surface area contributed by atoms with Crippen LogP contribution in [0.25, 0.3) is 58.5 Å². The highest BCUT2D eigenvalue weighted by Gasteiger charge is 2.19. The predicted molar refractivity (Wildman–Crippen MR) is 208 cm³/mol. The molecular weight excluding hydrogens is 601 g/mol. The summed E-state index contributed by atoms with van der Waals surface area (Å²) >= 11 is 1.84. The second kappa shape index (κ2) is 11.9. The number of fused-ring (bicyclic) bond motifs is 5. The minimum atomic E-state index is 0.767. The van der Waals surface area contributed by atoms with Gasteiger partial charge in [0.15, 0.2) is 5.84 Å². The molecule has 0 radical (unpaired) electrons. The smallest absolute Gasteiger partial charge is 0.161 e. The van der Waals surface area contributed by atoms with Gasteiger partial charge in [0.2, 0.25) is 0 Å². The number of thiophene rings is 1. The van der Waals surface area contributed by atoms with Gasteiger partial charge < -0.3 is 0 Å². The molecule has 2 heterocycles. The molecule has 3 heteroatoms. The van der Waals surface area contributed by atoms with Gasteiger partial charge in [-0.2, -0.15) is 0 Å². The van der Waals surface area contributed by atoms with Crippen molar-refractivity contribution in [1.82, 2.24) is 0 Å². The fraction of sp³-hybridized carbons (Fsp3) is 0.0667. The minimum Gasteiger partial charge on any atom is -0.232 e. The number of benzene rings is 7. The van der Waals surface area contributed by atoms with E-state index in [0.717, 1.165) is 46.8 Å². The van der Waals surface area contributed by atoms with Crippen molar-refractivity contribution in [2.24, 2.45) is 9.98 Å². The molecule has 0 atom stereocenters. The first-order valence-corrected chi connectivity index (χ1v) is 17.3. The summed E-state index contributed by atoms with van der Waals surface area (Å²) in [5, 5.41) is 7.57. The quantitative estimate of drug-likeness (QED) is 0.184. The summed E-state index contributed by atoms with van der Waals surface area (Å²) in [6, 6.07) is 54.6. The molecule has 0 unspecified atom stereocenters. The fourth-order valence-electron chi connectivity index (χ4n) is 6.95. The van der Waals surface area contributed by atoms with Crippen LogP contribution in [0.15, 0.2) is 167 Å². The van der Waals surface area contributed by atoms with Gasteiger partial charge in [0, 0.05) is 31.3 Å². The third-order valence-corrected chi connectivity index (χ3v) is 10.8. The molecule has 0 fully saturated rings. The van der Waals surface area contributed by atoms with Crippen molar-refractivity contribution >= 4 is 70.3 Å². The van der Waals surface area contributed by atoms with Crippen LogP contribution >= 0.6 is 11.3 Å². The van der Waals surface area contributed by atoms with Crippen molar-refractivity contribution in [3.8, 4) is 11.1 Å². The second-order valence-corrected chi connectivity index (χ2v) is 13.7. The third kappa shape index (κ3) is 5.13. The van der Waals surface area contributed by atoms with Crippen molar-refractivity contribution in [2.45, 2.75) is 19.8 Å². The van der Waals surface area contributed by atoms with Crippen molar-refractivity contribution in [2.75, 3.05) is 0 Å². The normalized spacial score (nSPS) is 15.4. The maximum atomic E-state index is 5.47. The van der Waals surface area contributed by atoms with E-state index >= 15 is 0 Å². The van der Waals surface area contributed by atoms with E-state index in [2.05, 4.69) is 159 Å². The Morgan fingerprint density at radius 1 is 0.479 bits per heavy atom. The van der Waals surface area contributed by atoms with Gasteiger partial charge in [-0.05, 0) is 87.8 Å². The van der Waals surface area contributed by atoms with Crippen LogP contribution in [0.3, 0.4) is 0 Å². The monoisotopic (exact) mass is 632 g/mol. The molecule has 9 rings (SSSR count). The zero-order valence-corrected chi connectivity index (χ0v) is 27.5. The largest absolute Gasteiger partial charge is 0.232 e. The lowest BCUT2D eigenvalue weighted by molar-refractivity contribution is 1.00. The van der Waals surface area contributed by atoms with Crippen LogP contribution in [-0.4, -0.2) is 11.5 Å². The summed E-state index contributed by atoms with van der Waals surface area (Å²) in [7, 11) is 0. The Morgan fingerprint density at radius 3 is 1.94 bits per heavy atom. The SMILES string of the molecule is C/C1=C(/c2ccc(-c3ccc4ccccc4c3)cc2)N=C(c2cccc3c2sc2cc4ccccc4cc23)N=C(c2ccccc2)CC1. The van der Waals surface area contributed by atoms with Crippen LogP contribution in [0, 0.1) is 0 Å². The van der Waals surface area contributed by atoms with Gasteiger partial charge in [-0.25, -0.2) is 9.98 Å². The van der Waals surface area contributed by atoms with Gasteiger partial charge in [-0.3, -0.25) is 0 Å². The second-order valence-electron chi connectivity index (χ2n) is 12.6. The van der Waals surface area contributed by atoms with Crippen molar-refractivity contribution in [3.05, 3.63) is 174 Å². The number of allylic oxidation sites excluding steroid dienone is 1. The molecule has 0 N–H and O–H groups in total. The number of hydrogen-bond donors (Lipinski definition) is 0. The van der Waals surface area contributed by atoms with Gasteiger partial charge in [0.1, 0.15) is 0 Å². The summed E-state index contributed by atoms with van der Waals surface area (Å²) in [4.78, 5) is 10.9. The van der Waals surface area contributed by atoms with Crippen LogP contribution in [0.5, 0.6) is 0 Å². The average molecular weight is 633 g/mol. The van der Waals surface area contributed by atoms with E-state index in [-0.39, 0.29) is 0 Å². The lowest BCUT2D eigenvalue weighted by Gasteiger charge is -2.17. The van der Waals surface area contributed by atoms with E-state index in [9.17, 15) is 0 Å². The van der Waals surface area contributed by atoms with Gasteiger partial charge in [0.25, 0.3) is 0 Å². The molecule has 1 aromatic heterocycles. The molecule has 0 saturated carbocycles. The Morgan fingerprint density at radius 2 is 1.15 bits per heavy atom. The summed E-state index contributed by atoms with van der Waals surface area (Å²) < 4.78 is 2.51. The van der Waals surface area contributed by atoms with E-state index in [1.54, 1.807) is 0 Å². The van der Waals surface area contributed by atoms with Crippen LogP contribution in [0.2, 0.25) is 0 Å². The van der Waals surface area contributed by atoms with Crippen LogP contribution in [-0.2, 0) is 0 Å². The highest BCUT2D eigenvalue weighted by molar-refractivity contribution is 7.26. The molecule has 0 amide bonds. The molecule has 7 aromatic carbocycles. The summed E-state index contributed by atoms with van der Waals surface area (Å²) in [6.07, 6.45) is 1.74. The van der Waals surface area contributed by atoms with Crippen LogP contribution in [0.1, 0.15) is 36.5 Å². The first-order valence-electron chi connectivity index (χ1n) is 16.5. The Hall–Kier alpha value is -5.64. The molecule has 8 aromatic rings. The lowest BCUT2D eigenvalue weighted by atomic mass is 9.96. The maximum Gasteiger partial charge on any atom is 0.161 e. The molecule has 0 saturated heterocycles. The van der Waals surface area contributed by atoms with Crippen LogP contribution in [0.4, 0.5) is 0 Å². The maximum absolute atomic E-state index is 5.47. The van der Waals surface area contributed by atoms with Crippen LogP contribution < -0.4 is 0 Å². The number of nitrogens with zero attached hydrogens (tertiary/aromatic N) is 2. The summed E-state index contributed by atoms with van der Waals surface area (Å²) in [6.45, 7) is 2.23. The zero-order valence-electron chi connectivity index (χ0n) is 26.7. The third-order valence-electron chi connectivity index (χ3n) is 9.55. The Bertz CT molecular complexity index is 2600. The number of hydrogen-bond acceptors (Lipinski definition) is 3. The molecular formula is C45H32N2S. The first-order chi connectivity index (χ1) is 23.7. The molecule has 228 valence electrons. The number of aliphatic imine (C=N–C) groups is 2. The molecule has 2 nitrogen and oxygen atoms in total. The molecule has 0 bridgehead atoms. The van der Waals surface area contributed by atoms with Gasteiger partial charge >= 0.3 is 0 Å². The Balaban J connectivity index is 1.20. The fourth-order valence-corrected chi connectivity index (χ4v) is 8.20. The number of rotatable bonds is 4. The molecule has 1 aliphatic rings. The summed E-state index contributed by atoms with van der Waals surface area (Å²) in [5.41, 5.74) is 9.10. The highest BCUT2D eigenvalue weighted by Crippen LogP contribution is 2.39. The van der Waals surface area contributed by atoms with Gasteiger partial charge in [-0.15, -0.1) is 11.3 Å². The first kappa shape index (κ1) is 28.6. The molecule has 0 spiro atoms. The lowest BCUT2D eigenvalue weighted by Crippen LogP contribution is -2.10. The van der Waals surface area contributed by atoms with Crippen molar-refractivity contribution < 1.29 is 0 Å². The minimum absolute atomic E-state index is 0.767. The number of amidine groups is 1. The molecule has 48 heavy (non-hydrogen) atoms. The predicted octanol–water partition coefficient (Wildman–Crippen LogP) is 12.5. The molecule has 0 aliphatic carbocycles. The van der Waals surface area contributed by atoms with E-state index < -0.39 is 0 Å². The van der Waals surface area contributed by atoms with Crippen molar-refractivity contribution in [3.63, 3.8) is 0 Å². The molecule has 1 aliphatic heterocycles. The topological polar surface area (TPSA) is 24.7 Å². The Labute approximate surface area is 284 Å². The van der Waals surface area contributed by atoms with Gasteiger partial charge in [-0.1, -0.05) is 127 Å². The van der Waals surface area contributed by atoms with E-state index in [1.807, 2.05) is 11.3 Å². The summed E-state index contributed by atoms with van der Waals surface area (Å²) in [5.74, 6) is 0.767. The average Bonchev–Trinajstić information content (AvgIpc) is 3.50. The standard InChI is InChI=1S/C45H32N2S/c1-29-18-25-41(32-11-3-2-4-12-32)46-45(39-17-9-16-38-40-27-35-14-7-8-15-36(35)28-42(40)48-44(38)39)47-43(29)33-22-19-31(20-23-33)37-24-21-30-10-5-6-13-34(30)26-37/h2-17,19-24,26-28H,18,25H2,1H3/b43-29+,46-41?,47-45?. The van der Waals surface area contributed by atoms with Gasteiger partial charge in [0.05, 0.1) is 11.4 Å². The zero-order chi connectivity index (χ0) is 32.0. The van der Waals surface area contributed by atoms with E-state index in [0.29, 0.717) is 0 Å². The Kier molecular flexibility index (Phi) is 7.06.